The Labute approximate surface area is 114 Å². The minimum absolute atomic E-state index is 0.266. The van der Waals surface area contributed by atoms with Gasteiger partial charge in [-0.15, -0.1) is 0 Å². The fourth-order valence-electron chi connectivity index (χ4n) is 1.61. The van der Waals surface area contributed by atoms with Crippen molar-refractivity contribution in [1.29, 1.82) is 0 Å². The first kappa shape index (κ1) is 13.1. The van der Waals surface area contributed by atoms with E-state index >= 15 is 0 Å². The zero-order chi connectivity index (χ0) is 13.0. The smallest absolute Gasteiger partial charge is 0.136 e. The van der Waals surface area contributed by atoms with Gasteiger partial charge in [-0.25, -0.2) is 4.39 Å². The van der Waals surface area contributed by atoms with Crippen molar-refractivity contribution in [1.82, 2.24) is 0 Å². The van der Waals surface area contributed by atoms with Gasteiger partial charge in [-0.3, -0.25) is 0 Å². The van der Waals surface area contributed by atoms with Gasteiger partial charge in [0.2, 0.25) is 0 Å². The summed E-state index contributed by atoms with van der Waals surface area (Å²) in [7, 11) is 0. The van der Waals surface area contributed by atoms with Crippen LogP contribution in [0.15, 0.2) is 53.0 Å². The Bertz CT molecular complexity index is 498. The second kappa shape index (κ2) is 5.98. The Morgan fingerprint density at radius 3 is 2.22 bits per heavy atom. The predicted molar refractivity (Wildman–Crippen MR) is 73.0 cm³/mol. The summed E-state index contributed by atoms with van der Waals surface area (Å²) in [5.41, 5.74) is 6.56. The number of hydrogen-bond acceptors (Lipinski definition) is 2. The van der Waals surface area contributed by atoms with Crippen LogP contribution in [0.3, 0.4) is 0 Å². The molecular formula is C14H13BrFNO. The molecule has 0 bridgehead atoms. The lowest BCUT2D eigenvalue weighted by Gasteiger charge is -2.17. The molecule has 0 saturated heterocycles. The SMILES string of the molecule is NCC(Oc1ccc(Br)cc1)c1ccc(F)cc1. The molecule has 0 aliphatic heterocycles. The fraction of sp³-hybridized carbons (Fsp3) is 0.143. The summed E-state index contributed by atoms with van der Waals surface area (Å²) in [5, 5.41) is 0. The third-order valence-electron chi connectivity index (χ3n) is 2.55. The molecule has 18 heavy (non-hydrogen) atoms. The monoisotopic (exact) mass is 309 g/mol. The lowest BCUT2D eigenvalue weighted by atomic mass is 10.1. The maximum Gasteiger partial charge on any atom is 0.136 e. The van der Waals surface area contributed by atoms with Crippen LogP contribution in [0.25, 0.3) is 0 Å². The molecule has 0 radical (unpaired) electrons. The Kier molecular flexibility index (Phi) is 4.33. The largest absolute Gasteiger partial charge is 0.484 e. The van der Waals surface area contributed by atoms with Gasteiger partial charge in [-0.1, -0.05) is 28.1 Å². The first-order chi connectivity index (χ1) is 8.69. The van der Waals surface area contributed by atoms with Gasteiger partial charge in [0.15, 0.2) is 0 Å². The molecule has 1 unspecified atom stereocenters. The molecule has 2 aromatic rings. The van der Waals surface area contributed by atoms with E-state index in [0.29, 0.717) is 6.54 Å². The van der Waals surface area contributed by atoms with Crippen molar-refractivity contribution >= 4 is 15.9 Å². The van der Waals surface area contributed by atoms with Crippen LogP contribution in [0.1, 0.15) is 11.7 Å². The molecule has 0 aliphatic carbocycles. The molecular weight excluding hydrogens is 297 g/mol. The maximum atomic E-state index is 12.8. The number of halogens is 2. The van der Waals surface area contributed by atoms with Crippen molar-refractivity contribution in [2.75, 3.05) is 6.54 Å². The van der Waals surface area contributed by atoms with Crippen LogP contribution in [-0.4, -0.2) is 6.54 Å². The van der Waals surface area contributed by atoms with E-state index in [-0.39, 0.29) is 11.9 Å². The minimum atomic E-state index is -0.272. The van der Waals surface area contributed by atoms with Gasteiger partial charge in [-0.2, -0.15) is 0 Å². The van der Waals surface area contributed by atoms with Gasteiger partial charge >= 0.3 is 0 Å². The molecule has 0 heterocycles. The van der Waals surface area contributed by atoms with E-state index in [4.69, 9.17) is 10.5 Å². The average Bonchev–Trinajstić information content (AvgIpc) is 2.39. The summed E-state index contributed by atoms with van der Waals surface area (Å²) < 4.78 is 19.6. The van der Waals surface area contributed by atoms with Crippen molar-refractivity contribution in [3.63, 3.8) is 0 Å². The van der Waals surface area contributed by atoms with Crippen LogP contribution in [0.4, 0.5) is 4.39 Å². The molecule has 2 N–H and O–H groups in total. The minimum Gasteiger partial charge on any atom is -0.484 e. The summed E-state index contributed by atoms with van der Waals surface area (Å²) in [5.74, 6) is 0.469. The second-order valence-corrected chi connectivity index (χ2v) is 4.76. The Balaban J connectivity index is 2.14. The first-order valence-electron chi connectivity index (χ1n) is 5.57. The average molecular weight is 310 g/mol. The van der Waals surface area contributed by atoms with E-state index in [1.54, 1.807) is 12.1 Å². The molecule has 4 heteroatoms. The van der Waals surface area contributed by atoms with Crippen molar-refractivity contribution < 1.29 is 9.13 Å². The normalized spacial score (nSPS) is 12.2. The summed E-state index contributed by atoms with van der Waals surface area (Å²) in [6.45, 7) is 0.335. The van der Waals surface area contributed by atoms with E-state index in [9.17, 15) is 4.39 Å². The number of ether oxygens (including phenoxy) is 1. The van der Waals surface area contributed by atoms with Crippen molar-refractivity contribution in [2.45, 2.75) is 6.10 Å². The third-order valence-corrected chi connectivity index (χ3v) is 3.08. The van der Waals surface area contributed by atoms with Crippen LogP contribution in [0.2, 0.25) is 0 Å². The predicted octanol–water partition coefficient (Wildman–Crippen LogP) is 3.67. The quantitative estimate of drug-likeness (QED) is 0.935. The molecule has 0 saturated carbocycles. The van der Waals surface area contributed by atoms with Crippen LogP contribution in [0.5, 0.6) is 5.75 Å². The topological polar surface area (TPSA) is 35.2 Å². The van der Waals surface area contributed by atoms with Crippen LogP contribution in [0, 0.1) is 5.82 Å². The highest BCUT2D eigenvalue weighted by Gasteiger charge is 2.11. The lowest BCUT2D eigenvalue weighted by Crippen LogP contribution is -2.18. The first-order valence-corrected chi connectivity index (χ1v) is 6.36. The number of rotatable bonds is 4. The molecule has 0 amide bonds. The molecule has 0 fully saturated rings. The van der Waals surface area contributed by atoms with Gasteiger partial charge < -0.3 is 10.5 Å². The van der Waals surface area contributed by atoms with Crippen LogP contribution in [-0.2, 0) is 0 Å². The number of hydrogen-bond donors (Lipinski definition) is 1. The molecule has 2 aromatic carbocycles. The van der Waals surface area contributed by atoms with Crippen molar-refractivity contribution in [3.05, 3.63) is 64.4 Å². The van der Waals surface area contributed by atoms with Crippen LogP contribution >= 0.6 is 15.9 Å². The van der Waals surface area contributed by atoms with E-state index < -0.39 is 0 Å². The molecule has 0 aliphatic rings. The van der Waals surface area contributed by atoms with E-state index in [2.05, 4.69) is 15.9 Å². The highest BCUT2D eigenvalue weighted by atomic mass is 79.9. The fourth-order valence-corrected chi connectivity index (χ4v) is 1.87. The van der Waals surface area contributed by atoms with E-state index in [1.165, 1.54) is 12.1 Å². The molecule has 0 spiro atoms. The Morgan fingerprint density at radius 2 is 1.67 bits per heavy atom. The van der Waals surface area contributed by atoms with Gasteiger partial charge in [0, 0.05) is 11.0 Å². The summed E-state index contributed by atoms with van der Waals surface area (Å²) in [6, 6.07) is 13.7. The van der Waals surface area contributed by atoms with E-state index in [1.807, 2.05) is 24.3 Å². The number of benzene rings is 2. The van der Waals surface area contributed by atoms with Crippen molar-refractivity contribution in [2.24, 2.45) is 5.73 Å². The molecule has 2 rings (SSSR count). The van der Waals surface area contributed by atoms with E-state index in [0.717, 1.165) is 15.8 Å². The van der Waals surface area contributed by atoms with Gasteiger partial charge in [0.1, 0.15) is 17.7 Å². The molecule has 0 aromatic heterocycles. The zero-order valence-electron chi connectivity index (χ0n) is 9.64. The third kappa shape index (κ3) is 3.31. The summed E-state index contributed by atoms with van der Waals surface area (Å²) in [4.78, 5) is 0. The second-order valence-electron chi connectivity index (χ2n) is 3.85. The standard InChI is InChI=1S/C14H13BrFNO/c15-11-3-7-13(8-4-11)18-14(9-17)10-1-5-12(16)6-2-10/h1-8,14H,9,17H2. The van der Waals surface area contributed by atoms with Crippen LogP contribution < -0.4 is 10.5 Å². The van der Waals surface area contributed by atoms with Gasteiger partial charge in [-0.05, 0) is 42.0 Å². The Hall–Kier alpha value is -1.39. The molecule has 94 valence electrons. The highest BCUT2D eigenvalue weighted by molar-refractivity contribution is 9.10. The zero-order valence-corrected chi connectivity index (χ0v) is 11.2. The summed E-state index contributed by atoms with van der Waals surface area (Å²) >= 11 is 3.36. The highest BCUT2D eigenvalue weighted by Crippen LogP contribution is 2.23. The van der Waals surface area contributed by atoms with Gasteiger partial charge in [0.25, 0.3) is 0 Å². The molecule has 1 atom stereocenters. The lowest BCUT2D eigenvalue weighted by molar-refractivity contribution is 0.214. The molecule has 2 nitrogen and oxygen atoms in total. The maximum absolute atomic E-state index is 12.8. The Morgan fingerprint density at radius 1 is 1.06 bits per heavy atom. The summed E-state index contributed by atoms with van der Waals surface area (Å²) in [6.07, 6.45) is -0.272. The van der Waals surface area contributed by atoms with Crippen molar-refractivity contribution in [3.8, 4) is 5.75 Å². The number of nitrogens with two attached hydrogens (primary N) is 1. The van der Waals surface area contributed by atoms with Gasteiger partial charge in [0.05, 0.1) is 0 Å².